The van der Waals surface area contributed by atoms with E-state index >= 15 is 0 Å². The Balaban J connectivity index is 1.89. The van der Waals surface area contributed by atoms with E-state index in [2.05, 4.69) is 10.4 Å². The van der Waals surface area contributed by atoms with Crippen molar-refractivity contribution < 1.29 is 14.3 Å². The van der Waals surface area contributed by atoms with Crippen molar-refractivity contribution in [1.29, 1.82) is 0 Å². The number of nitrogens with two attached hydrogens (primary N) is 1. The molecule has 0 aliphatic carbocycles. The Kier molecular flexibility index (Phi) is 5.70. The van der Waals surface area contributed by atoms with E-state index in [-0.39, 0.29) is 24.1 Å². The van der Waals surface area contributed by atoms with E-state index in [9.17, 15) is 9.59 Å². The Hall–Kier alpha value is -1.93. The summed E-state index contributed by atoms with van der Waals surface area (Å²) in [5, 5.41) is 6.79. The largest absolute Gasteiger partial charge is 0.490 e. The normalized spacial score (nSPS) is 15.7. The molecule has 8 nitrogen and oxygen atoms in total. The molecule has 0 atom stereocenters. The van der Waals surface area contributed by atoms with Crippen molar-refractivity contribution in [2.24, 2.45) is 5.73 Å². The van der Waals surface area contributed by atoms with Crippen LogP contribution in [0.3, 0.4) is 0 Å². The third-order valence-electron chi connectivity index (χ3n) is 3.11. The number of rotatable bonds is 6. The molecule has 1 amide bonds. The number of hydrogen-bond donors (Lipinski definition) is 2. The first-order valence-corrected chi connectivity index (χ1v) is 6.96. The molecule has 0 bridgehead atoms. The minimum absolute atomic E-state index is 0.104. The van der Waals surface area contributed by atoms with Gasteiger partial charge in [-0.05, 0) is 12.8 Å². The van der Waals surface area contributed by atoms with Crippen molar-refractivity contribution in [3.05, 3.63) is 22.6 Å². The van der Waals surface area contributed by atoms with Crippen molar-refractivity contribution in [3.63, 3.8) is 0 Å². The van der Waals surface area contributed by atoms with Crippen LogP contribution in [0, 0.1) is 0 Å². The summed E-state index contributed by atoms with van der Waals surface area (Å²) in [5.41, 5.74) is 4.93. The van der Waals surface area contributed by atoms with Gasteiger partial charge in [-0.15, -0.1) is 0 Å². The van der Waals surface area contributed by atoms with Gasteiger partial charge in [0.15, 0.2) is 0 Å². The molecule has 1 aliphatic heterocycles. The lowest BCUT2D eigenvalue weighted by Crippen LogP contribution is -2.42. The predicted octanol–water partition coefficient (Wildman–Crippen LogP) is -1.12. The Labute approximate surface area is 122 Å². The summed E-state index contributed by atoms with van der Waals surface area (Å²) >= 11 is 0. The highest BCUT2D eigenvalue weighted by molar-refractivity contribution is 5.75. The van der Waals surface area contributed by atoms with Crippen molar-refractivity contribution in [1.82, 2.24) is 15.1 Å². The number of aromatic nitrogens is 2. The predicted molar refractivity (Wildman–Crippen MR) is 75.0 cm³/mol. The molecule has 2 rings (SSSR count). The van der Waals surface area contributed by atoms with Gasteiger partial charge in [0.2, 0.25) is 5.91 Å². The van der Waals surface area contributed by atoms with Crippen LogP contribution in [0.15, 0.2) is 17.1 Å². The topological polar surface area (TPSA) is 108 Å². The van der Waals surface area contributed by atoms with E-state index < -0.39 is 0 Å². The SMILES string of the molecule is NCCOc1cnn(CC(=O)NC2CCOCC2)c(=O)c1. The van der Waals surface area contributed by atoms with Crippen LogP contribution in [0.5, 0.6) is 5.75 Å². The Morgan fingerprint density at radius 2 is 2.29 bits per heavy atom. The monoisotopic (exact) mass is 296 g/mol. The van der Waals surface area contributed by atoms with Crippen LogP contribution >= 0.6 is 0 Å². The molecule has 8 heteroatoms. The number of nitrogens with one attached hydrogen (secondary N) is 1. The second-order valence-corrected chi connectivity index (χ2v) is 4.78. The molecule has 1 saturated heterocycles. The number of carbonyl (C=O) groups is 1. The first-order valence-electron chi connectivity index (χ1n) is 6.96. The standard InChI is InChI=1S/C13H20N4O4/c14-3-6-21-11-7-13(19)17(15-8-11)9-12(18)16-10-1-4-20-5-2-10/h7-8,10H,1-6,9,14H2,(H,16,18). The molecule has 1 fully saturated rings. The molecular weight excluding hydrogens is 276 g/mol. The van der Waals surface area contributed by atoms with Gasteiger partial charge in [-0.1, -0.05) is 0 Å². The fourth-order valence-electron chi connectivity index (χ4n) is 2.04. The third kappa shape index (κ3) is 4.83. The van der Waals surface area contributed by atoms with Gasteiger partial charge >= 0.3 is 0 Å². The lowest BCUT2D eigenvalue weighted by atomic mass is 10.1. The molecule has 1 aromatic rings. The van der Waals surface area contributed by atoms with Gasteiger partial charge in [-0.3, -0.25) is 9.59 Å². The summed E-state index contributed by atoms with van der Waals surface area (Å²) in [4.78, 5) is 23.7. The van der Waals surface area contributed by atoms with Gasteiger partial charge in [0.1, 0.15) is 18.9 Å². The number of hydrogen-bond acceptors (Lipinski definition) is 6. The van der Waals surface area contributed by atoms with Gasteiger partial charge in [-0.2, -0.15) is 5.10 Å². The van der Waals surface area contributed by atoms with Crippen LogP contribution in [0.2, 0.25) is 0 Å². The average molecular weight is 296 g/mol. The minimum Gasteiger partial charge on any atom is -0.490 e. The molecule has 0 spiro atoms. The van der Waals surface area contributed by atoms with Crippen LogP contribution in [-0.2, 0) is 16.1 Å². The molecule has 1 aliphatic rings. The number of nitrogens with zero attached hydrogens (tertiary/aromatic N) is 2. The zero-order valence-corrected chi connectivity index (χ0v) is 11.8. The summed E-state index contributed by atoms with van der Waals surface area (Å²) < 4.78 is 11.5. The van der Waals surface area contributed by atoms with E-state index in [1.807, 2.05) is 0 Å². The molecular formula is C13H20N4O4. The highest BCUT2D eigenvalue weighted by Gasteiger charge is 2.16. The smallest absolute Gasteiger partial charge is 0.270 e. The van der Waals surface area contributed by atoms with E-state index in [4.69, 9.17) is 15.2 Å². The van der Waals surface area contributed by atoms with Crippen LogP contribution in [0.4, 0.5) is 0 Å². The van der Waals surface area contributed by atoms with Gasteiger partial charge in [0.25, 0.3) is 5.56 Å². The zero-order chi connectivity index (χ0) is 15.1. The maximum Gasteiger partial charge on any atom is 0.270 e. The summed E-state index contributed by atoms with van der Waals surface area (Å²) in [5.74, 6) is 0.124. The lowest BCUT2D eigenvalue weighted by molar-refractivity contribution is -0.123. The minimum atomic E-state index is -0.383. The summed E-state index contributed by atoms with van der Waals surface area (Å²) in [6.45, 7) is 1.87. The second kappa shape index (κ2) is 7.75. The maximum atomic E-state index is 11.9. The molecule has 0 radical (unpaired) electrons. The van der Waals surface area contributed by atoms with Gasteiger partial charge < -0.3 is 20.5 Å². The van der Waals surface area contributed by atoms with Crippen molar-refractivity contribution >= 4 is 5.91 Å². The number of carbonyl (C=O) groups excluding carboxylic acids is 1. The van der Waals surface area contributed by atoms with Crippen LogP contribution in [0.1, 0.15) is 12.8 Å². The molecule has 2 heterocycles. The lowest BCUT2D eigenvalue weighted by Gasteiger charge is -2.23. The van der Waals surface area contributed by atoms with E-state index in [0.717, 1.165) is 17.5 Å². The van der Waals surface area contributed by atoms with Crippen LogP contribution in [-0.4, -0.2) is 48.1 Å². The highest BCUT2D eigenvalue weighted by Crippen LogP contribution is 2.06. The van der Waals surface area contributed by atoms with Crippen LogP contribution < -0.4 is 21.3 Å². The molecule has 3 N–H and O–H groups in total. The highest BCUT2D eigenvalue weighted by atomic mass is 16.5. The van der Waals surface area contributed by atoms with Crippen molar-refractivity contribution in [3.8, 4) is 5.75 Å². The Bertz CT molecular complexity index is 525. The molecule has 0 aromatic carbocycles. The molecule has 1 aromatic heterocycles. The first kappa shape index (κ1) is 15.5. The summed E-state index contributed by atoms with van der Waals surface area (Å²) in [6.07, 6.45) is 2.98. The molecule has 116 valence electrons. The Morgan fingerprint density at radius 3 is 2.95 bits per heavy atom. The molecule has 0 saturated carbocycles. The molecule has 21 heavy (non-hydrogen) atoms. The average Bonchev–Trinajstić information content (AvgIpc) is 2.48. The van der Waals surface area contributed by atoms with Crippen LogP contribution in [0.25, 0.3) is 0 Å². The number of amides is 1. The van der Waals surface area contributed by atoms with Gasteiger partial charge in [0.05, 0.1) is 6.20 Å². The quantitative estimate of drug-likeness (QED) is 0.688. The Morgan fingerprint density at radius 1 is 1.52 bits per heavy atom. The fraction of sp³-hybridized carbons (Fsp3) is 0.615. The second-order valence-electron chi connectivity index (χ2n) is 4.78. The first-order chi connectivity index (χ1) is 10.2. The van der Waals surface area contributed by atoms with Crippen molar-refractivity contribution in [2.75, 3.05) is 26.4 Å². The number of ether oxygens (including phenoxy) is 2. The maximum absolute atomic E-state index is 11.9. The van der Waals surface area contributed by atoms with E-state index in [1.165, 1.54) is 12.3 Å². The van der Waals surface area contributed by atoms with E-state index in [0.29, 0.717) is 32.1 Å². The fourth-order valence-corrected chi connectivity index (χ4v) is 2.04. The van der Waals surface area contributed by atoms with E-state index in [1.54, 1.807) is 0 Å². The molecule has 0 unspecified atom stereocenters. The summed E-state index contributed by atoms with van der Waals surface area (Å²) in [6, 6.07) is 1.40. The van der Waals surface area contributed by atoms with Gasteiger partial charge in [0, 0.05) is 31.9 Å². The summed E-state index contributed by atoms with van der Waals surface area (Å²) in [7, 11) is 0. The van der Waals surface area contributed by atoms with Crippen molar-refractivity contribution in [2.45, 2.75) is 25.4 Å². The van der Waals surface area contributed by atoms with Gasteiger partial charge in [-0.25, -0.2) is 4.68 Å². The zero-order valence-electron chi connectivity index (χ0n) is 11.8. The third-order valence-corrected chi connectivity index (χ3v) is 3.11.